The topological polar surface area (TPSA) is 65.1 Å². The number of hydrogen-bond donors (Lipinski definition) is 1. The van der Waals surface area contributed by atoms with Gasteiger partial charge in [-0.15, -0.1) is 0 Å². The highest BCUT2D eigenvalue weighted by Gasteiger charge is 2.22. The van der Waals surface area contributed by atoms with Crippen LogP contribution < -0.4 is 4.90 Å². The van der Waals surface area contributed by atoms with Gasteiger partial charge in [-0.25, -0.2) is 4.98 Å². The van der Waals surface area contributed by atoms with E-state index < -0.39 is 0 Å². The Labute approximate surface area is 146 Å². The Morgan fingerprint density at radius 2 is 2.00 bits per heavy atom. The lowest BCUT2D eigenvalue weighted by molar-refractivity contribution is -0.131. The van der Waals surface area contributed by atoms with Crippen LogP contribution in [0.2, 0.25) is 5.02 Å². The summed E-state index contributed by atoms with van der Waals surface area (Å²) >= 11 is 5.87. The zero-order valence-electron chi connectivity index (χ0n) is 14.0. The summed E-state index contributed by atoms with van der Waals surface area (Å²) in [5, 5.41) is 7.87. The number of amides is 1. The van der Waals surface area contributed by atoms with Gasteiger partial charge >= 0.3 is 0 Å². The summed E-state index contributed by atoms with van der Waals surface area (Å²) in [5.41, 5.74) is 3.22. The van der Waals surface area contributed by atoms with Crippen molar-refractivity contribution in [2.24, 2.45) is 0 Å². The van der Waals surface area contributed by atoms with E-state index in [9.17, 15) is 4.79 Å². The predicted octanol–water partition coefficient (Wildman–Crippen LogP) is 2.36. The summed E-state index contributed by atoms with van der Waals surface area (Å²) in [6.45, 7) is 7.07. The van der Waals surface area contributed by atoms with Crippen LogP contribution in [-0.2, 0) is 11.2 Å². The van der Waals surface area contributed by atoms with Crippen LogP contribution in [0.5, 0.6) is 0 Å². The zero-order valence-corrected chi connectivity index (χ0v) is 14.8. The molecule has 1 N–H and O–H groups in total. The Balaban J connectivity index is 1.50. The molecule has 1 aliphatic rings. The molecule has 1 aliphatic heterocycles. The molecule has 0 radical (unpaired) electrons. The molecule has 0 aliphatic carbocycles. The van der Waals surface area contributed by atoms with Gasteiger partial charge < -0.3 is 9.80 Å². The van der Waals surface area contributed by atoms with Crippen LogP contribution in [0, 0.1) is 13.8 Å². The lowest BCUT2D eigenvalue weighted by Crippen LogP contribution is -2.49. The van der Waals surface area contributed by atoms with E-state index in [1.165, 1.54) is 0 Å². The van der Waals surface area contributed by atoms with Crippen LogP contribution in [0.15, 0.2) is 18.3 Å². The molecule has 0 aromatic carbocycles. The van der Waals surface area contributed by atoms with Gasteiger partial charge in [0.05, 0.1) is 10.7 Å². The number of piperazine rings is 1. The van der Waals surface area contributed by atoms with Gasteiger partial charge in [0.25, 0.3) is 0 Å². The Bertz CT molecular complexity index is 704. The molecule has 2 aromatic rings. The summed E-state index contributed by atoms with van der Waals surface area (Å²) in [5.74, 6) is 1.10. The Morgan fingerprint density at radius 1 is 1.25 bits per heavy atom. The summed E-state index contributed by atoms with van der Waals surface area (Å²) in [7, 11) is 0. The molecule has 128 valence electrons. The van der Waals surface area contributed by atoms with E-state index in [1.807, 2.05) is 30.9 Å². The molecule has 6 nitrogen and oxygen atoms in total. The van der Waals surface area contributed by atoms with E-state index in [1.54, 1.807) is 6.20 Å². The number of carbonyl (C=O) groups excluding carboxylic acids is 1. The van der Waals surface area contributed by atoms with Crippen molar-refractivity contribution < 1.29 is 4.79 Å². The maximum absolute atomic E-state index is 12.4. The summed E-state index contributed by atoms with van der Waals surface area (Å²) in [6, 6.07) is 3.76. The zero-order chi connectivity index (χ0) is 17.1. The van der Waals surface area contributed by atoms with Crippen molar-refractivity contribution in [3.63, 3.8) is 0 Å². The standard InChI is InChI=1S/C17H22ClN5O/c1-12-13(2)20-21-15(12)4-6-17(24)23-9-7-22(8-10-23)16-5-3-14(18)11-19-16/h3,5,11H,4,6-10H2,1-2H3,(H,20,21). The molecule has 1 amide bonds. The second-order valence-electron chi connectivity index (χ2n) is 6.12. The molecule has 3 rings (SSSR count). The number of aryl methyl sites for hydroxylation is 2. The quantitative estimate of drug-likeness (QED) is 0.922. The number of carbonyl (C=O) groups is 1. The number of halogens is 1. The second-order valence-corrected chi connectivity index (χ2v) is 6.56. The van der Waals surface area contributed by atoms with E-state index in [4.69, 9.17) is 11.6 Å². The Hall–Kier alpha value is -2.08. The molecule has 1 saturated heterocycles. The number of nitrogens with zero attached hydrogens (tertiary/aromatic N) is 4. The minimum Gasteiger partial charge on any atom is -0.353 e. The van der Waals surface area contributed by atoms with E-state index >= 15 is 0 Å². The summed E-state index contributed by atoms with van der Waals surface area (Å²) < 4.78 is 0. The van der Waals surface area contributed by atoms with Crippen molar-refractivity contribution in [2.75, 3.05) is 31.1 Å². The van der Waals surface area contributed by atoms with Crippen LogP contribution in [0.25, 0.3) is 0 Å². The lowest BCUT2D eigenvalue weighted by atomic mass is 10.1. The van der Waals surface area contributed by atoms with Crippen LogP contribution in [-0.4, -0.2) is 52.2 Å². The fourth-order valence-electron chi connectivity index (χ4n) is 2.90. The number of anilines is 1. The molecule has 7 heteroatoms. The number of H-pyrrole nitrogens is 1. The van der Waals surface area contributed by atoms with Crippen molar-refractivity contribution in [1.29, 1.82) is 0 Å². The van der Waals surface area contributed by atoms with Gasteiger partial charge in [-0.3, -0.25) is 9.89 Å². The van der Waals surface area contributed by atoms with Crippen LogP contribution in [0.3, 0.4) is 0 Å². The fraction of sp³-hybridized carbons (Fsp3) is 0.471. The highest BCUT2D eigenvalue weighted by molar-refractivity contribution is 6.30. The van der Waals surface area contributed by atoms with Crippen molar-refractivity contribution in [1.82, 2.24) is 20.1 Å². The molecule has 0 atom stereocenters. The Morgan fingerprint density at radius 3 is 2.58 bits per heavy atom. The van der Waals surface area contributed by atoms with E-state index in [0.717, 1.165) is 48.9 Å². The number of aromatic nitrogens is 3. The van der Waals surface area contributed by atoms with Crippen molar-refractivity contribution >= 4 is 23.3 Å². The van der Waals surface area contributed by atoms with E-state index in [2.05, 4.69) is 20.1 Å². The second kappa shape index (κ2) is 7.21. The minimum absolute atomic E-state index is 0.193. The Kier molecular flexibility index (Phi) is 5.04. The van der Waals surface area contributed by atoms with Crippen LogP contribution >= 0.6 is 11.6 Å². The SMILES string of the molecule is Cc1[nH]nc(CCC(=O)N2CCN(c3ccc(Cl)cn3)CC2)c1C. The maximum atomic E-state index is 12.4. The first-order valence-electron chi connectivity index (χ1n) is 8.19. The molecule has 0 bridgehead atoms. The molecule has 2 aromatic heterocycles. The molecule has 24 heavy (non-hydrogen) atoms. The van der Waals surface area contributed by atoms with Crippen LogP contribution in [0.4, 0.5) is 5.82 Å². The molecule has 1 fully saturated rings. The first-order valence-corrected chi connectivity index (χ1v) is 8.57. The van der Waals surface area contributed by atoms with Crippen LogP contribution in [0.1, 0.15) is 23.4 Å². The number of nitrogens with one attached hydrogen (secondary N) is 1. The third-order valence-corrected chi connectivity index (χ3v) is 4.82. The fourth-order valence-corrected chi connectivity index (χ4v) is 3.01. The van der Waals surface area contributed by atoms with Crippen molar-refractivity contribution in [3.8, 4) is 0 Å². The monoisotopic (exact) mass is 347 g/mol. The smallest absolute Gasteiger partial charge is 0.223 e. The lowest BCUT2D eigenvalue weighted by Gasteiger charge is -2.35. The highest BCUT2D eigenvalue weighted by Crippen LogP contribution is 2.17. The average Bonchev–Trinajstić information content (AvgIpc) is 2.92. The molecular weight excluding hydrogens is 326 g/mol. The van der Waals surface area contributed by atoms with Gasteiger partial charge in [0.15, 0.2) is 0 Å². The van der Waals surface area contributed by atoms with Gasteiger partial charge in [-0.2, -0.15) is 5.10 Å². The predicted molar refractivity (Wildman–Crippen MR) is 94.4 cm³/mol. The van der Waals surface area contributed by atoms with E-state index in [0.29, 0.717) is 17.9 Å². The van der Waals surface area contributed by atoms with Gasteiger partial charge in [0.1, 0.15) is 5.82 Å². The summed E-state index contributed by atoms with van der Waals surface area (Å²) in [4.78, 5) is 20.9. The van der Waals surface area contributed by atoms with Crippen molar-refractivity contribution in [2.45, 2.75) is 26.7 Å². The molecule has 0 saturated carbocycles. The number of hydrogen-bond acceptors (Lipinski definition) is 4. The normalized spacial score (nSPS) is 15.0. The minimum atomic E-state index is 0.193. The third-order valence-electron chi connectivity index (χ3n) is 4.60. The number of pyridine rings is 1. The van der Waals surface area contributed by atoms with Gasteiger partial charge in [-0.05, 0) is 31.5 Å². The van der Waals surface area contributed by atoms with Crippen molar-refractivity contribution in [3.05, 3.63) is 40.3 Å². The first kappa shape index (κ1) is 16.8. The number of rotatable bonds is 4. The third kappa shape index (κ3) is 3.70. The average molecular weight is 348 g/mol. The van der Waals surface area contributed by atoms with Gasteiger partial charge in [0.2, 0.25) is 5.91 Å². The molecular formula is C17H22ClN5O. The molecule has 0 spiro atoms. The van der Waals surface area contributed by atoms with Gasteiger partial charge in [-0.1, -0.05) is 11.6 Å². The number of aromatic amines is 1. The molecule has 3 heterocycles. The highest BCUT2D eigenvalue weighted by atomic mass is 35.5. The summed E-state index contributed by atoms with van der Waals surface area (Å²) in [6.07, 6.45) is 2.85. The first-order chi connectivity index (χ1) is 11.5. The largest absolute Gasteiger partial charge is 0.353 e. The van der Waals surface area contributed by atoms with Gasteiger partial charge in [0, 0.05) is 50.9 Å². The maximum Gasteiger partial charge on any atom is 0.223 e. The van der Waals surface area contributed by atoms with E-state index in [-0.39, 0.29) is 5.91 Å². The molecule has 0 unspecified atom stereocenters.